The van der Waals surface area contributed by atoms with E-state index in [9.17, 15) is 4.79 Å². The number of rotatable bonds is 6. The molecular formula is C16H32N2O2. The Hall–Kier alpha value is -0.610. The molecule has 0 bridgehead atoms. The van der Waals surface area contributed by atoms with E-state index in [0.717, 1.165) is 19.6 Å². The van der Waals surface area contributed by atoms with Crippen LogP contribution >= 0.6 is 0 Å². The molecule has 0 aromatic carbocycles. The monoisotopic (exact) mass is 284 g/mol. The first kappa shape index (κ1) is 17.4. The smallest absolute Gasteiger partial charge is 0.327 e. The lowest BCUT2D eigenvalue weighted by atomic mass is 9.82. The number of carbonyl (C=O) groups is 1. The quantitative estimate of drug-likeness (QED) is 0.761. The maximum absolute atomic E-state index is 12.3. The Labute approximate surface area is 124 Å². The van der Waals surface area contributed by atoms with Crippen molar-refractivity contribution in [1.29, 1.82) is 0 Å². The van der Waals surface area contributed by atoms with Crippen molar-refractivity contribution in [3.05, 3.63) is 0 Å². The minimum atomic E-state index is -0.619. The van der Waals surface area contributed by atoms with E-state index >= 15 is 0 Å². The van der Waals surface area contributed by atoms with E-state index < -0.39 is 5.54 Å². The van der Waals surface area contributed by atoms with Crippen molar-refractivity contribution in [2.24, 2.45) is 5.41 Å². The minimum absolute atomic E-state index is 0.140. The highest BCUT2D eigenvalue weighted by Crippen LogP contribution is 2.30. The summed E-state index contributed by atoms with van der Waals surface area (Å²) in [6, 6.07) is 0.255. The normalized spacial score (nSPS) is 22.6. The zero-order valence-corrected chi connectivity index (χ0v) is 14.1. The van der Waals surface area contributed by atoms with E-state index in [2.05, 4.69) is 37.9 Å². The van der Waals surface area contributed by atoms with Crippen molar-refractivity contribution in [2.45, 2.75) is 66.0 Å². The van der Waals surface area contributed by atoms with Crippen molar-refractivity contribution in [1.82, 2.24) is 10.2 Å². The van der Waals surface area contributed by atoms with Crippen LogP contribution in [0.15, 0.2) is 0 Å². The number of likely N-dealkylation sites (tertiary alicyclic amines) is 1. The molecule has 0 aliphatic carbocycles. The van der Waals surface area contributed by atoms with Crippen molar-refractivity contribution >= 4 is 5.97 Å². The molecule has 4 nitrogen and oxygen atoms in total. The number of piperidine rings is 1. The predicted molar refractivity (Wildman–Crippen MR) is 82.8 cm³/mol. The van der Waals surface area contributed by atoms with Crippen molar-refractivity contribution in [3.63, 3.8) is 0 Å². The lowest BCUT2D eigenvalue weighted by Crippen LogP contribution is -2.60. The van der Waals surface area contributed by atoms with Gasteiger partial charge in [0.05, 0.1) is 6.61 Å². The van der Waals surface area contributed by atoms with Crippen LogP contribution in [-0.4, -0.2) is 48.7 Å². The second-order valence-corrected chi connectivity index (χ2v) is 7.29. The zero-order valence-electron chi connectivity index (χ0n) is 14.1. The number of ether oxygens (including phenoxy) is 1. The summed E-state index contributed by atoms with van der Waals surface area (Å²) in [7, 11) is 0. The molecule has 1 fully saturated rings. The number of hydrogen-bond acceptors (Lipinski definition) is 4. The molecule has 4 heteroatoms. The summed E-state index contributed by atoms with van der Waals surface area (Å²) in [5, 5.41) is 3.39. The SMILES string of the molecule is CCOC(=O)C(C)(CN1CCC(C)(C)CC1)NC(C)C. The third-order valence-electron chi connectivity index (χ3n) is 4.08. The van der Waals surface area contributed by atoms with Crippen molar-refractivity contribution in [2.75, 3.05) is 26.2 Å². The van der Waals surface area contributed by atoms with Gasteiger partial charge >= 0.3 is 5.97 Å². The van der Waals surface area contributed by atoms with Gasteiger partial charge in [-0.15, -0.1) is 0 Å². The maximum atomic E-state index is 12.3. The standard InChI is InChI=1S/C16H32N2O2/c1-7-20-14(19)16(6,17-13(2)3)12-18-10-8-15(4,5)9-11-18/h13,17H,7-12H2,1-6H3. The molecule has 0 aromatic heterocycles. The van der Waals surface area contributed by atoms with Crippen LogP contribution in [0.3, 0.4) is 0 Å². The molecule has 0 radical (unpaired) electrons. The fourth-order valence-electron chi connectivity index (χ4n) is 2.86. The van der Waals surface area contributed by atoms with Gasteiger partial charge in [-0.3, -0.25) is 10.1 Å². The molecular weight excluding hydrogens is 252 g/mol. The molecule has 0 saturated carbocycles. The molecule has 1 N–H and O–H groups in total. The Kier molecular flexibility index (Phi) is 6.02. The first-order valence-electron chi connectivity index (χ1n) is 7.86. The summed E-state index contributed by atoms with van der Waals surface area (Å²) >= 11 is 0. The second-order valence-electron chi connectivity index (χ2n) is 7.29. The van der Waals surface area contributed by atoms with Gasteiger partial charge in [-0.05, 0) is 59.0 Å². The number of carbonyl (C=O) groups excluding carboxylic acids is 1. The molecule has 0 aromatic rings. The Bertz CT molecular complexity index is 318. The summed E-state index contributed by atoms with van der Waals surface area (Å²) in [6.07, 6.45) is 2.38. The zero-order chi connectivity index (χ0) is 15.4. The molecule has 1 heterocycles. The molecule has 1 atom stereocenters. The highest BCUT2D eigenvalue weighted by molar-refractivity contribution is 5.80. The molecule has 1 aliphatic rings. The highest BCUT2D eigenvalue weighted by Gasteiger charge is 2.38. The van der Waals surface area contributed by atoms with Crippen LogP contribution < -0.4 is 5.32 Å². The van der Waals surface area contributed by atoms with E-state index in [4.69, 9.17) is 4.74 Å². The van der Waals surface area contributed by atoms with Crippen molar-refractivity contribution in [3.8, 4) is 0 Å². The van der Waals surface area contributed by atoms with E-state index in [1.807, 2.05) is 13.8 Å². The average Bonchev–Trinajstić information content (AvgIpc) is 2.31. The topological polar surface area (TPSA) is 41.6 Å². The van der Waals surface area contributed by atoms with Gasteiger partial charge in [-0.2, -0.15) is 0 Å². The molecule has 1 rings (SSSR count). The van der Waals surface area contributed by atoms with E-state index in [-0.39, 0.29) is 12.0 Å². The molecule has 1 saturated heterocycles. The Morgan fingerprint density at radius 2 is 1.90 bits per heavy atom. The third kappa shape index (κ3) is 5.06. The van der Waals surface area contributed by atoms with Gasteiger partial charge in [0.25, 0.3) is 0 Å². The van der Waals surface area contributed by atoms with Gasteiger partial charge in [-0.25, -0.2) is 0 Å². The first-order valence-corrected chi connectivity index (χ1v) is 7.86. The fourth-order valence-corrected chi connectivity index (χ4v) is 2.86. The van der Waals surface area contributed by atoms with Gasteiger partial charge in [0, 0.05) is 12.6 Å². The Morgan fingerprint density at radius 3 is 2.35 bits per heavy atom. The number of nitrogens with zero attached hydrogens (tertiary/aromatic N) is 1. The lowest BCUT2D eigenvalue weighted by Gasteiger charge is -2.41. The Morgan fingerprint density at radius 1 is 1.35 bits per heavy atom. The largest absolute Gasteiger partial charge is 0.465 e. The fraction of sp³-hybridized carbons (Fsp3) is 0.938. The minimum Gasteiger partial charge on any atom is -0.465 e. The summed E-state index contributed by atoms with van der Waals surface area (Å²) in [5.74, 6) is -0.140. The summed E-state index contributed by atoms with van der Waals surface area (Å²) in [5.41, 5.74) is -0.187. The van der Waals surface area contributed by atoms with Crippen molar-refractivity contribution < 1.29 is 9.53 Å². The van der Waals surface area contributed by atoms with Gasteiger partial charge < -0.3 is 9.64 Å². The van der Waals surface area contributed by atoms with Crippen LogP contribution in [0.4, 0.5) is 0 Å². The number of hydrogen-bond donors (Lipinski definition) is 1. The lowest BCUT2D eigenvalue weighted by molar-refractivity contribution is -0.152. The molecule has 1 aliphatic heterocycles. The van der Waals surface area contributed by atoms with Crippen LogP contribution in [0.5, 0.6) is 0 Å². The van der Waals surface area contributed by atoms with Crippen LogP contribution in [0.25, 0.3) is 0 Å². The second kappa shape index (κ2) is 6.90. The predicted octanol–water partition coefficient (Wildman–Crippen LogP) is 2.43. The van der Waals surface area contributed by atoms with Gasteiger partial charge in [0.2, 0.25) is 0 Å². The number of esters is 1. The first-order chi connectivity index (χ1) is 9.18. The van der Waals surface area contributed by atoms with Gasteiger partial charge in [0.15, 0.2) is 0 Å². The van der Waals surface area contributed by atoms with Crippen LogP contribution in [0, 0.1) is 5.41 Å². The summed E-state index contributed by atoms with van der Waals surface area (Å²) < 4.78 is 5.26. The molecule has 1 unspecified atom stereocenters. The highest BCUT2D eigenvalue weighted by atomic mass is 16.5. The van der Waals surface area contributed by atoms with E-state index in [1.165, 1.54) is 12.8 Å². The summed E-state index contributed by atoms with van der Waals surface area (Å²) in [6.45, 7) is 15.9. The average molecular weight is 284 g/mol. The summed E-state index contributed by atoms with van der Waals surface area (Å²) in [4.78, 5) is 14.7. The third-order valence-corrected chi connectivity index (χ3v) is 4.08. The van der Waals surface area contributed by atoms with Crippen LogP contribution in [-0.2, 0) is 9.53 Å². The maximum Gasteiger partial charge on any atom is 0.327 e. The Balaban J connectivity index is 2.68. The molecule has 0 amide bonds. The van der Waals surface area contributed by atoms with E-state index in [1.54, 1.807) is 0 Å². The van der Waals surface area contributed by atoms with Crippen LogP contribution in [0.1, 0.15) is 54.4 Å². The van der Waals surface area contributed by atoms with Gasteiger partial charge in [0.1, 0.15) is 5.54 Å². The van der Waals surface area contributed by atoms with Gasteiger partial charge in [-0.1, -0.05) is 13.8 Å². The molecule has 118 valence electrons. The number of nitrogens with one attached hydrogen (secondary N) is 1. The van der Waals surface area contributed by atoms with E-state index in [0.29, 0.717) is 12.0 Å². The molecule has 0 spiro atoms. The van der Waals surface area contributed by atoms with Crippen LogP contribution in [0.2, 0.25) is 0 Å². The molecule has 20 heavy (non-hydrogen) atoms.